The number of carbonyl (C=O) groups excluding carboxylic acids is 1. The van der Waals surface area contributed by atoms with Crippen molar-refractivity contribution in [3.8, 4) is 11.1 Å². The van der Waals surface area contributed by atoms with Gasteiger partial charge in [0.2, 0.25) is 5.91 Å². The summed E-state index contributed by atoms with van der Waals surface area (Å²) in [5.41, 5.74) is 3.47. The quantitative estimate of drug-likeness (QED) is 0.764. The SMILES string of the molecule is CC1C[C@@H](Cc2ccc(-c3ccccc3)cc2)N(SF)C1=O. The Morgan fingerprint density at radius 1 is 1.09 bits per heavy atom. The summed E-state index contributed by atoms with van der Waals surface area (Å²) >= 11 is 0.0554. The molecule has 1 unspecified atom stereocenters. The van der Waals surface area contributed by atoms with Crippen molar-refractivity contribution in [3.05, 3.63) is 60.2 Å². The first kappa shape index (κ1) is 15.1. The van der Waals surface area contributed by atoms with Crippen molar-refractivity contribution >= 4 is 18.2 Å². The lowest BCUT2D eigenvalue weighted by molar-refractivity contribution is -0.126. The molecule has 2 nitrogen and oxygen atoms in total. The monoisotopic (exact) mass is 315 g/mol. The molecule has 1 amide bonds. The zero-order valence-corrected chi connectivity index (χ0v) is 13.2. The van der Waals surface area contributed by atoms with Gasteiger partial charge in [-0.15, -0.1) is 3.89 Å². The number of hydrogen-bond acceptors (Lipinski definition) is 2. The average molecular weight is 315 g/mol. The molecule has 1 fully saturated rings. The minimum Gasteiger partial charge on any atom is -0.274 e. The Balaban J connectivity index is 1.73. The van der Waals surface area contributed by atoms with E-state index in [9.17, 15) is 8.68 Å². The van der Waals surface area contributed by atoms with E-state index in [2.05, 4.69) is 36.4 Å². The molecular formula is C18H18FNOS. The molecule has 1 aliphatic heterocycles. The molecule has 3 rings (SSSR count). The second-order valence-electron chi connectivity index (χ2n) is 5.79. The minimum atomic E-state index is -0.0987. The van der Waals surface area contributed by atoms with Crippen LogP contribution in [-0.2, 0) is 11.2 Å². The van der Waals surface area contributed by atoms with Gasteiger partial charge >= 0.3 is 0 Å². The predicted octanol–water partition coefficient (Wildman–Crippen LogP) is 4.67. The van der Waals surface area contributed by atoms with E-state index in [1.54, 1.807) is 0 Å². The van der Waals surface area contributed by atoms with Crippen LogP contribution in [0.4, 0.5) is 3.89 Å². The van der Waals surface area contributed by atoms with E-state index in [-0.39, 0.29) is 30.2 Å². The molecule has 0 spiro atoms. The molecule has 1 heterocycles. The summed E-state index contributed by atoms with van der Waals surface area (Å²) < 4.78 is 14.3. The molecule has 1 aliphatic rings. The van der Waals surface area contributed by atoms with E-state index in [0.717, 1.165) is 17.5 Å². The smallest absolute Gasteiger partial charge is 0.237 e. The van der Waals surface area contributed by atoms with Crippen molar-refractivity contribution in [2.45, 2.75) is 25.8 Å². The maximum atomic E-state index is 13.0. The van der Waals surface area contributed by atoms with Gasteiger partial charge in [0.1, 0.15) is 0 Å². The molecule has 0 aromatic heterocycles. The highest BCUT2D eigenvalue weighted by atomic mass is 32.2. The van der Waals surface area contributed by atoms with E-state index in [1.165, 1.54) is 9.87 Å². The van der Waals surface area contributed by atoms with Crippen LogP contribution in [0.25, 0.3) is 11.1 Å². The first-order chi connectivity index (χ1) is 10.7. The summed E-state index contributed by atoms with van der Waals surface area (Å²) in [6, 6.07) is 18.4. The Hall–Kier alpha value is -1.81. The lowest BCUT2D eigenvalue weighted by Crippen LogP contribution is -2.27. The molecule has 1 saturated heterocycles. The van der Waals surface area contributed by atoms with Gasteiger partial charge in [-0.1, -0.05) is 61.5 Å². The molecule has 0 aliphatic carbocycles. The van der Waals surface area contributed by atoms with Gasteiger partial charge in [-0.05, 0) is 29.5 Å². The van der Waals surface area contributed by atoms with Crippen LogP contribution in [0, 0.1) is 5.92 Å². The van der Waals surface area contributed by atoms with Gasteiger partial charge in [-0.25, -0.2) is 0 Å². The zero-order valence-electron chi connectivity index (χ0n) is 12.4. The second kappa shape index (κ2) is 6.53. The fourth-order valence-corrected chi connectivity index (χ4v) is 3.52. The third-order valence-electron chi connectivity index (χ3n) is 4.20. The minimum absolute atomic E-state index is 0.0554. The highest BCUT2D eigenvalue weighted by Crippen LogP contribution is 2.33. The van der Waals surface area contributed by atoms with Crippen LogP contribution in [-0.4, -0.2) is 16.3 Å². The Kier molecular flexibility index (Phi) is 4.48. The van der Waals surface area contributed by atoms with Gasteiger partial charge in [-0.3, -0.25) is 9.10 Å². The van der Waals surface area contributed by atoms with Crippen molar-refractivity contribution in [2.24, 2.45) is 5.92 Å². The summed E-state index contributed by atoms with van der Waals surface area (Å²) in [5.74, 6) is -0.185. The molecular weight excluding hydrogens is 297 g/mol. The molecule has 4 heteroatoms. The maximum absolute atomic E-state index is 13.0. The molecule has 0 N–H and O–H groups in total. The lowest BCUT2D eigenvalue weighted by atomic mass is 9.98. The Morgan fingerprint density at radius 2 is 1.73 bits per heavy atom. The van der Waals surface area contributed by atoms with Crippen molar-refractivity contribution in [1.82, 2.24) is 4.31 Å². The van der Waals surface area contributed by atoms with Gasteiger partial charge in [0.05, 0.1) is 6.04 Å². The Morgan fingerprint density at radius 3 is 2.36 bits per heavy atom. The average Bonchev–Trinajstić information content (AvgIpc) is 2.82. The van der Waals surface area contributed by atoms with Gasteiger partial charge < -0.3 is 0 Å². The first-order valence-electron chi connectivity index (χ1n) is 7.45. The molecule has 0 bridgehead atoms. The van der Waals surface area contributed by atoms with E-state index in [4.69, 9.17) is 0 Å². The summed E-state index contributed by atoms with van der Waals surface area (Å²) in [4.78, 5) is 11.8. The highest BCUT2D eigenvalue weighted by molar-refractivity contribution is 7.92. The number of benzene rings is 2. The van der Waals surface area contributed by atoms with E-state index in [1.807, 2.05) is 25.1 Å². The molecule has 2 aromatic rings. The van der Waals surface area contributed by atoms with Crippen LogP contribution in [0.2, 0.25) is 0 Å². The standard InChI is InChI=1S/C18H18FNOS/c1-13-11-17(20(22-19)18(13)21)12-14-7-9-16(10-8-14)15-5-3-2-4-6-15/h2-10,13,17H,11-12H2,1H3/t13?,17-/m0/s1. The second-order valence-corrected chi connectivity index (χ2v) is 6.32. The van der Waals surface area contributed by atoms with Gasteiger partial charge in [-0.2, -0.15) is 0 Å². The summed E-state index contributed by atoms with van der Waals surface area (Å²) in [6.07, 6.45) is 1.41. The summed E-state index contributed by atoms with van der Waals surface area (Å²) in [5, 5.41) is 0. The molecule has 2 aromatic carbocycles. The number of carbonyl (C=O) groups is 1. The van der Waals surface area contributed by atoms with Crippen molar-refractivity contribution in [1.29, 1.82) is 0 Å². The largest absolute Gasteiger partial charge is 0.274 e. The maximum Gasteiger partial charge on any atom is 0.237 e. The Labute approximate surface area is 134 Å². The van der Waals surface area contributed by atoms with Crippen molar-refractivity contribution in [3.63, 3.8) is 0 Å². The zero-order chi connectivity index (χ0) is 15.5. The highest BCUT2D eigenvalue weighted by Gasteiger charge is 2.37. The molecule has 0 radical (unpaired) electrons. The molecule has 0 saturated carbocycles. The van der Waals surface area contributed by atoms with Gasteiger partial charge in [0.15, 0.2) is 12.3 Å². The number of nitrogens with zero attached hydrogens (tertiary/aromatic N) is 1. The molecule has 114 valence electrons. The van der Waals surface area contributed by atoms with Crippen molar-refractivity contribution in [2.75, 3.05) is 0 Å². The number of halogens is 1. The number of amides is 1. The van der Waals surface area contributed by atoms with Crippen LogP contribution >= 0.6 is 12.3 Å². The van der Waals surface area contributed by atoms with Crippen LogP contribution in [0.1, 0.15) is 18.9 Å². The van der Waals surface area contributed by atoms with Crippen LogP contribution < -0.4 is 0 Å². The fraction of sp³-hybridized carbons (Fsp3) is 0.278. The summed E-state index contributed by atoms with van der Waals surface area (Å²) in [7, 11) is 0. The Bertz CT molecular complexity index is 644. The fourth-order valence-electron chi connectivity index (χ4n) is 2.99. The number of rotatable bonds is 4. The molecule has 2 atom stereocenters. The van der Waals surface area contributed by atoms with Crippen LogP contribution in [0.3, 0.4) is 0 Å². The summed E-state index contributed by atoms with van der Waals surface area (Å²) in [6.45, 7) is 1.87. The van der Waals surface area contributed by atoms with E-state index < -0.39 is 0 Å². The van der Waals surface area contributed by atoms with Gasteiger partial charge in [0.25, 0.3) is 0 Å². The normalized spacial score (nSPS) is 21.4. The number of hydrogen-bond donors (Lipinski definition) is 0. The van der Waals surface area contributed by atoms with Crippen LogP contribution in [0.15, 0.2) is 54.6 Å². The van der Waals surface area contributed by atoms with E-state index >= 15 is 0 Å². The van der Waals surface area contributed by atoms with Crippen molar-refractivity contribution < 1.29 is 8.68 Å². The molecule has 22 heavy (non-hydrogen) atoms. The third-order valence-corrected chi connectivity index (χ3v) is 4.83. The topological polar surface area (TPSA) is 20.3 Å². The lowest BCUT2D eigenvalue weighted by Gasteiger charge is -2.19. The first-order valence-corrected chi connectivity index (χ1v) is 8.12. The van der Waals surface area contributed by atoms with E-state index in [0.29, 0.717) is 6.42 Å². The van der Waals surface area contributed by atoms with Gasteiger partial charge in [0, 0.05) is 5.92 Å². The predicted molar refractivity (Wildman–Crippen MR) is 88.7 cm³/mol. The third kappa shape index (κ3) is 3.02. The van der Waals surface area contributed by atoms with Crippen LogP contribution in [0.5, 0.6) is 0 Å².